The van der Waals surface area contributed by atoms with Gasteiger partial charge in [0.1, 0.15) is 11.4 Å². The third-order valence-electron chi connectivity index (χ3n) is 10.2. The highest BCUT2D eigenvalue weighted by molar-refractivity contribution is 5.87. The highest BCUT2D eigenvalue weighted by Gasteiger charge is 2.60. The number of piperazine rings is 1. The summed E-state index contributed by atoms with van der Waals surface area (Å²) < 4.78 is 38.7. The van der Waals surface area contributed by atoms with E-state index in [1.165, 1.54) is 6.07 Å². The Morgan fingerprint density at radius 1 is 1.00 bits per heavy atom. The molecule has 2 N–H and O–H groups in total. The van der Waals surface area contributed by atoms with Crippen molar-refractivity contribution in [2.75, 3.05) is 31.1 Å². The van der Waals surface area contributed by atoms with Crippen molar-refractivity contribution in [3.63, 3.8) is 0 Å². The molecule has 1 aromatic heterocycles. The van der Waals surface area contributed by atoms with Gasteiger partial charge in [0.15, 0.2) is 0 Å². The first kappa shape index (κ1) is 24.9. The Morgan fingerprint density at radius 2 is 1.65 bits per heavy atom. The zero-order chi connectivity index (χ0) is 26.0. The molecule has 5 aliphatic carbocycles. The molecule has 7 rings (SSSR count). The topological polar surface area (TPSA) is 85.8 Å². The number of aromatic nitrogens is 1. The first-order valence-corrected chi connectivity index (χ1v) is 13.7. The Hall–Kier alpha value is -2.36. The van der Waals surface area contributed by atoms with Gasteiger partial charge in [-0.3, -0.25) is 14.5 Å². The van der Waals surface area contributed by atoms with Crippen LogP contribution in [0.2, 0.25) is 0 Å². The lowest BCUT2D eigenvalue weighted by atomic mass is 9.48. The lowest BCUT2D eigenvalue weighted by Gasteiger charge is -2.58. The second-order valence-corrected chi connectivity index (χ2v) is 12.2. The smallest absolute Gasteiger partial charge is 0.417 e. The monoisotopic (exact) mass is 520 g/mol. The van der Waals surface area contributed by atoms with Gasteiger partial charge < -0.3 is 15.3 Å². The summed E-state index contributed by atoms with van der Waals surface area (Å²) in [6.45, 7) is 2.51. The Labute approximate surface area is 214 Å². The summed E-state index contributed by atoms with van der Waals surface area (Å²) in [7, 11) is 0. The van der Waals surface area contributed by atoms with Crippen molar-refractivity contribution in [2.24, 2.45) is 23.2 Å². The van der Waals surface area contributed by atoms with Gasteiger partial charge in [-0.25, -0.2) is 4.98 Å². The third-order valence-corrected chi connectivity index (χ3v) is 10.2. The molecule has 1 aliphatic heterocycles. The molecular formula is C27H35F3N4O3. The van der Waals surface area contributed by atoms with Crippen LogP contribution in [-0.2, 0) is 15.8 Å². The average Bonchev–Trinajstić information content (AvgIpc) is 3.37. The van der Waals surface area contributed by atoms with E-state index in [0.717, 1.165) is 57.2 Å². The zero-order valence-corrected chi connectivity index (χ0v) is 21.0. The number of alkyl halides is 3. The molecule has 7 nitrogen and oxygen atoms in total. The number of pyridine rings is 1. The van der Waals surface area contributed by atoms with Crippen LogP contribution in [0.5, 0.6) is 0 Å². The minimum Gasteiger partial charge on any atom is -0.481 e. The van der Waals surface area contributed by atoms with Gasteiger partial charge in [-0.2, -0.15) is 13.2 Å². The summed E-state index contributed by atoms with van der Waals surface area (Å²) in [4.78, 5) is 34.4. The van der Waals surface area contributed by atoms with E-state index in [1.807, 2.05) is 4.90 Å². The van der Waals surface area contributed by atoms with Gasteiger partial charge in [0.2, 0.25) is 5.91 Å². The maximum Gasteiger partial charge on any atom is 0.417 e. The molecule has 2 heterocycles. The molecule has 37 heavy (non-hydrogen) atoms. The molecule has 2 atom stereocenters. The number of halogens is 3. The fourth-order valence-electron chi connectivity index (χ4n) is 8.56. The second kappa shape index (κ2) is 8.85. The molecule has 0 spiro atoms. The Kier molecular flexibility index (Phi) is 5.97. The van der Waals surface area contributed by atoms with Gasteiger partial charge in [0, 0.05) is 38.4 Å². The molecule has 1 saturated heterocycles. The van der Waals surface area contributed by atoms with Crippen LogP contribution in [0.3, 0.4) is 0 Å². The first-order valence-electron chi connectivity index (χ1n) is 13.7. The van der Waals surface area contributed by atoms with Crippen LogP contribution in [0.15, 0.2) is 18.3 Å². The molecule has 202 valence electrons. The third kappa shape index (κ3) is 4.19. The van der Waals surface area contributed by atoms with Crippen molar-refractivity contribution in [1.29, 1.82) is 0 Å². The molecule has 0 aromatic carbocycles. The molecule has 6 fully saturated rings. The SMILES string of the molecule is O=C(O)C12CC3CC(C1)C(NC(=O)C1(N4CCN(c5ccc(C(F)(F)F)cn5)CC4)CCCC1)C(C3)C2. The van der Waals surface area contributed by atoms with Gasteiger partial charge in [0.05, 0.1) is 11.0 Å². The second-order valence-electron chi connectivity index (χ2n) is 12.2. The van der Waals surface area contributed by atoms with E-state index >= 15 is 0 Å². The molecule has 0 radical (unpaired) electrons. The number of carboxylic acid groups (broad SMARTS) is 1. The van der Waals surface area contributed by atoms with Crippen LogP contribution in [0.25, 0.3) is 0 Å². The standard InChI is InChI=1S/C27H35F3N4O3/c28-27(29,30)20-3-4-21(31-16-20)33-7-9-34(10-8-33)26(5-1-2-6-26)23(35)32-22-18-11-17-12-19(22)15-25(13-17,14-18)24(36)37/h3-4,16-19,22H,1-2,5-15H2,(H,32,35)(H,36,37). The van der Waals surface area contributed by atoms with Crippen LogP contribution in [0, 0.1) is 23.2 Å². The number of carboxylic acids is 1. The van der Waals surface area contributed by atoms with Gasteiger partial charge in [0.25, 0.3) is 0 Å². The highest BCUT2D eigenvalue weighted by Crippen LogP contribution is 2.60. The van der Waals surface area contributed by atoms with Crippen molar-refractivity contribution in [3.8, 4) is 0 Å². The van der Waals surface area contributed by atoms with E-state index in [0.29, 0.717) is 50.8 Å². The van der Waals surface area contributed by atoms with Gasteiger partial charge in [-0.15, -0.1) is 0 Å². The number of carbonyl (C=O) groups is 2. The maximum atomic E-state index is 14.0. The molecule has 2 unspecified atom stereocenters. The zero-order valence-electron chi connectivity index (χ0n) is 21.0. The molecular weight excluding hydrogens is 485 g/mol. The van der Waals surface area contributed by atoms with E-state index in [4.69, 9.17) is 0 Å². The molecule has 1 amide bonds. The van der Waals surface area contributed by atoms with Gasteiger partial charge in [-0.05, 0) is 74.8 Å². The summed E-state index contributed by atoms with van der Waals surface area (Å²) >= 11 is 0. The van der Waals surface area contributed by atoms with Crippen molar-refractivity contribution in [1.82, 2.24) is 15.2 Å². The lowest BCUT2D eigenvalue weighted by molar-refractivity contribution is -0.168. The van der Waals surface area contributed by atoms with Crippen LogP contribution in [0.4, 0.5) is 19.0 Å². The summed E-state index contributed by atoms with van der Waals surface area (Å²) in [5, 5.41) is 13.4. The number of anilines is 1. The molecule has 6 aliphatic rings. The number of aliphatic carboxylic acids is 1. The Bertz CT molecular complexity index is 1030. The lowest BCUT2D eigenvalue weighted by Crippen LogP contribution is -2.67. The number of nitrogens with zero attached hydrogens (tertiary/aromatic N) is 3. The number of amides is 1. The predicted molar refractivity (Wildman–Crippen MR) is 130 cm³/mol. The van der Waals surface area contributed by atoms with Crippen LogP contribution in [0.1, 0.15) is 63.4 Å². The summed E-state index contributed by atoms with van der Waals surface area (Å²) in [5.74, 6) is 0.907. The maximum absolute atomic E-state index is 14.0. The van der Waals surface area contributed by atoms with Crippen LogP contribution < -0.4 is 10.2 Å². The predicted octanol–water partition coefficient (Wildman–Crippen LogP) is 3.93. The molecule has 10 heteroatoms. The number of nitrogens with one attached hydrogen (secondary N) is 1. The van der Waals surface area contributed by atoms with E-state index in [2.05, 4.69) is 15.2 Å². The minimum absolute atomic E-state index is 0.0617. The minimum atomic E-state index is -4.40. The fourth-order valence-corrected chi connectivity index (χ4v) is 8.56. The van der Waals surface area contributed by atoms with Crippen molar-refractivity contribution >= 4 is 17.7 Å². The summed E-state index contributed by atoms with van der Waals surface area (Å²) in [6.07, 6.45) is 4.25. The first-order chi connectivity index (χ1) is 17.6. The van der Waals surface area contributed by atoms with E-state index < -0.39 is 28.7 Å². The number of hydrogen-bond acceptors (Lipinski definition) is 5. The van der Waals surface area contributed by atoms with Crippen molar-refractivity contribution in [2.45, 2.75) is 75.5 Å². The largest absolute Gasteiger partial charge is 0.481 e. The van der Waals surface area contributed by atoms with Crippen LogP contribution >= 0.6 is 0 Å². The van der Waals surface area contributed by atoms with Crippen molar-refractivity contribution in [3.05, 3.63) is 23.9 Å². The number of carbonyl (C=O) groups excluding carboxylic acids is 1. The van der Waals surface area contributed by atoms with E-state index in [-0.39, 0.29) is 23.8 Å². The van der Waals surface area contributed by atoms with Gasteiger partial charge in [-0.1, -0.05) is 12.8 Å². The van der Waals surface area contributed by atoms with Gasteiger partial charge >= 0.3 is 12.1 Å². The van der Waals surface area contributed by atoms with E-state index in [9.17, 15) is 27.9 Å². The quantitative estimate of drug-likeness (QED) is 0.612. The molecule has 1 aromatic rings. The number of hydrogen-bond donors (Lipinski definition) is 2. The Morgan fingerprint density at radius 3 is 2.19 bits per heavy atom. The summed E-state index contributed by atoms with van der Waals surface area (Å²) in [5.41, 5.74) is -1.90. The number of rotatable bonds is 5. The molecule has 5 saturated carbocycles. The fraction of sp³-hybridized carbons (Fsp3) is 0.741. The van der Waals surface area contributed by atoms with Crippen LogP contribution in [-0.4, -0.2) is 64.6 Å². The normalized spacial score (nSPS) is 35.1. The van der Waals surface area contributed by atoms with Crippen molar-refractivity contribution < 1.29 is 27.9 Å². The Balaban J connectivity index is 1.13. The molecule has 4 bridgehead atoms. The highest BCUT2D eigenvalue weighted by atomic mass is 19.4. The van der Waals surface area contributed by atoms with E-state index in [1.54, 1.807) is 0 Å². The summed E-state index contributed by atoms with van der Waals surface area (Å²) in [6, 6.07) is 2.55. The average molecular weight is 521 g/mol.